The topological polar surface area (TPSA) is 90.9 Å². The van der Waals surface area contributed by atoms with Crippen LogP contribution in [0.2, 0.25) is 0 Å². The van der Waals surface area contributed by atoms with Gasteiger partial charge in [-0.25, -0.2) is 4.98 Å². The van der Waals surface area contributed by atoms with Gasteiger partial charge in [0.05, 0.1) is 17.4 Å². The Morgan fingerprint density at radius 1 is 1.53 bits per heavy atom. The third-order valence-electron chi connectivity index (χ3n) is 2.24. The molecular formula is C11H14N4O2. The SMILES string of the molecule is CC(C)(O)CNC(=O)c1cnc2[nH]ncc2c1. The molecule has 2 rings (SSSR count). The summed E-state index contributed by atoms with van der Waals surface area (Å²) in [5.74, 6) is -0.261. The van der Waals surface area contributed by atoms with Crippen molar-refractivity contribution in [2.24, 2.45) is 0 Å². The maximum atomic E-state index is 11.8. The van der Waals surface area contributed by atoms with Gasteiger partial charge in [0.2, 0.25) is 0 Å². The molecule has 0 fully saturated rings. The van der Waals surface area contributed by atoms with Gasteiger partial charge in [0.1, 0.15) is 0 Å². The molecule has 0 saturated heterocycles. The van der Waals surface area contributed by atoms with Crippen LogP contribution < -0.4 is 5.32 Å². The highest BCUT2D eigenvalue weighted by Gasteiger charge is 2.15. The highest BCUT2D eigenvalue weighted by molar-refractivity contribution is 5.96. The van der Waals surface area contributed by atoms with Crippen LogP contribution in [0.5, 0.6) is 0 Å². The van der Waals surface area contributed by atoms with Crippen molar-refractivity contribution in [3.63, 3.8) is 0 Å². The molecule has 0 aliphatic carbocycles. The molecule has 0 radical (unpaired) electrons. The molecule has 0 saturated carbocycles. The molecule has 90 valence electrons. The Balaban J connectivity index is 2.13. The standard InChI is InChI=1S/C11H14N4O2/c1-11(2,17)6-13-10(16)8-3-7-5-14-15-9(7)12-4-8/h3-5,17H,6H2,1-2H3,(H,13,16)(H,12,14,15). The smallest absolute Gasteiger partial charge is 0.252 e. The summed E-state index contributed by atoms with van der Waals surface area (Å²) in [4.78, 5) is 15.8. The fourth-order valence-electron chi connectivity index (χ4n) is 1.36. The van der Waals surface area contributed by atoms with Crippen LogP contribution in [-0.2, 0) is 0 Å². The molecule has 2 aromatic heterocycles. The van der Waals surface area contributed by atoms with Crippen LogP contribution in [0, 0.1) is 0 Å². The van der Waals surface area contributed by atoms with Crippen LogP contribution in [-0.4, -0.2) is 38.3 Å². The summed E-state index contributed by atoms with van der Waals surface area (Å²) < 4.78 is 0. The van der Waals surface area contributed by atoms with Crippen molar-refractivity contribution in [2.75, 3.05) is 6.54 Å². The molecule has 6 heteroatoms. The number of amides is 1. The monoisotopic (exact) mass is 234 g/mol. The predicted molar refractivity (Wildman–Crippen MR) is 62.5 cm³/mol. The van der Waals surface area contributed by atoms with Crippen molar-refractivity contribution in [1.82, 2.24) is 20.5 Å². The number of aliphatic hydroxyl groups is 1. The Morgan fingerprint density at radius 2 is 2.29 bits per heavy atom. The molecule has 0 bridgehead atoms. The maximum Gasteiger partial charge on any atom is 0.252 e. The zero-order valence-corrected chi connectivity index (χ0v) is 9.69. The summed E-state index contributed by atoms with van der Waals surface area (Å²) in [6, 6.07) is 1.70. The van der Waals surface area contributed by atoms with E-state index in [-0.39, 0.29) is 12.5 Å². The first kappa shape index (κ1) is 11.5. The van der Waals surface area contributed by atoms with Crippen LogP contribution in [0.1, 0.15) is 24.2 Å². The molecule has 0 spiro atoms. The van der Waals surface area contributed by atoms with Gasteiger partial charge in [-0.1, -0.05) is 0 Å². The molecule has 2 heterocycles. The number of hydrogen-bond acceptors (Lipinski definition) is 4. The van der Waals surface area contributed by atoms with Crippen LogP contribution in [0.4, 0.5) is 0 Å². The van der Waals surface area contributed by atoms with Crippen LogP contribution in [0.15, 0.2) is 18.5 Å². The second-order valence-corrected chi connectivity index (χ2v) is 4.53. The van der Waals surface area contributed by atoms with E-state index in [1.165, 1.54) is 6.20 Å². The van der Waals surface area contributed by atoms with Gasteiger partial charge in [-0.2, -0.15) is 5.10 Å². The predicted octanol–water partition coefficient (Wildman–Crippen LogP) is 0.459. The summed E-state index contributed by atoms with van der Waals surface area (Å²) >= 11 is 0. The number of pyridine rings is 1. The lowest BCUT2D eigenvalue weighted by Crippen LogP contribution is -2.38. The van der Waals surface area contributed by atoms with E-state index in [1.54, 1.807) is 26.1 Å². The third kappa shape index (κ3) is 2.79. The van der Waals surface area contributed by atoms with Crippen LogP contribution >= 0.6 is 0 Å². The number of nitrogens with zero attached hydrogens (tertiary/aromatic N) is 2. The zero-order chi connectivity index (χ0) is 12.5. The van der Waals surface area contributed by atoms with Crippen molar-refractivity contribution in [3.05, 3.63) is 24.0 Å². The lowest BCUT2D eigenvalue weighted by Gasteiger charge is -2.17. The van der Waals surface area contributed by atoms with Gasteiger partial charge in [-0.15, -0.1) is 0 Å². The van der Waals surface area contributed by atoms with Gasteiger partial charge in [-0.3, -0.25) is 9.89 Å². The minimum atomic E-state index is -0.928. The highest BCUT2D eigenvalue weighted by atomic mass is 16.3. The van der Waals surface area contributed by atoms with E-state index in [0.29, 0.717) is 11.2 Å². The van der Waals surface area contributed by atoms with Crippen LogP contribution in [0.25, 0.3) is 11.0 Å². The Bertz CT molecular complexity index is 542. The Hall–Kier alpha value is -1.95. The fourth-order valence-corrected chi connectivity index (χ4v) is 1.36. The van der Waals surface area contributed by atoms with Gasteiger partial charge in [0.25, 0.3) is 5.91 Å². The molecule has 6 nitrogen and oxygen atoms in total. The second kappa shape index (κ2) is 4.14. The average molecular weight is 234 g/mol. The number of fused-ring (bicyclic) bond motifs is 1. The molecule has 17 heavy (non-hydrogen) atoms. The Kier molecular flexibility index (Phi) is 2.81. The third-order valence-corrected chi connectivity index (χ3v) is 2.24. The molecule has 0 atom stereocenters. The number of rotatable bonds is 3. The van der Waals surface area contributed by atoms with E-state index >= 15 is 0 Å². The van der Waals surface area contributed by atoms with E-state index < -0.39 is 5.60 Å². The number of H-pyrrole nitrogens is 1. The van der Waals surface area contributed by atoms with E-state index in [4.69, 9.17) is 0 Å². The van der Waals surface area contributed by atoms with E-state index in [0.717, 1.165) is 5.39 Å². The summed E-state index contributed by atoms with van der Waals surface area (Å²) in [6.07, 6.45) is 3.08. The first-order chi connectivity index (χ1) is 7.96. The van der Waals surface area contributed by atoms with Gasteiger partial charge in [0.15, 0.2) is 5.65 Å². The second-order valence-electron chi connectivity index (χ2n) is 4.53. The lowest BCUT2D eigenvalue weighted by atomic mass is 10.1. The molecule has 0 aromatic carbocycles. The van der Waals surface area contributed by atoms with Crippen molar-refractivity contribution in [1.29, 1.82) is 0 Å². The van der Waals surface area contributed by atoms with Crippen molar-refractivity contribution in [3.8, 4) is 0 Å². The fraction of sp³-hybridized carbons (Fsp3) is 0.364. The first-order valence-electron chi connectivity index (χ1n) is 5.25. The number of aromatic nitrogens is 3. The largest absolute Gasteiger partial charge is 0.389 e. The van der Waals surface area contributed by atoms with Gasteiger partial charge >= 0.3 is 0 Å². The first-order valence-corrected chi connectivity index (χ1v) is 5.25. The number of hydrogen-bond donors (Lipinski definition) is 3. The maximum absolute atomic E-state index is 11.8. The van der Waals surface area contributed by atoms with Crippen molar-refractivity contribution < 1.29 is 9.90 Å². The molecule has 2 aromatic rings. The minimum absolute atomic E-state index is 0.190. The summed E-state index contributed by atoms with van der Waals surface area (Å²) in [5, 5.41) is 19.5. The lowest BCUT2D eigenvalue weighted by molar-refractivity contribution is 0.0694. The number of nitrogens with one attached hydrogen (secondary N) is 2. The number of carbonyl (C=O) groups is 1. The highest BCUT2D eigenvalue weighted by Crippen LogP contribution is 2.09. The van der Waals surface area contributed by atoms with E-state index in [1.807, 2.05) is 0 Å². The van der Waals surface area contributed by atoms with Crippen molar-refractivity contribution in [2.45, 2.75) is 19.4 Å². The van der Waals surface area contributed by atoms with E-state index in [2.05, 4.69) is 20.5 Å². The minimum Gasteiger partial charge on any atom is -0.389 e. The number of carbonyl (C=O) groups excluding carboxylic acids is 1. The summed E-state index contributed by atoms with van der Waals surface area (Å²) in [6.45, 7) is 3.45. The summed E-state index contributed by atoms with van der Waals surface area (Å²) in [7, 11) is 0. The van der Waals surface area contributed by atoms with E-state index in [9.17, 15) is 9.90 Å². The molecule has 1 amide bonds. The zero-order valence-electron chi connectivity index (χ0n) is 9.69. The Labute approximate surface area is 98.1 Å². The molecular weight excluding hydrogens is 220 g/mol. The van der Waals surface area contributed by atoms with Gasteiger partial charge in [0, 0.05) is 18.1 Å². The molecule has 0 aliphatic heterocycles. The van der Waals surface area contributed by atoms with Gasteiger partial charge < -0.3 is 10.4 Å². The van der Waals surface area contributed by atoms with Gasteiger partial charge in [-0.05, 0) is 19.9 Å². The van der Waals surface area contributed by atoms with Crippen molar-refractivity contribution >= 4 is 16.9 Å². The van der Waals surface area contributed by atoms with Crippen LogP contribution in [0.3, 0.4) is 0 Å². The average Bonchev–Trinajstić information content (AvgIpc) is 2.71. The number of aromatic amines is 1. The molecule has 0 aliphatic rings. The molecule has 3 N–H and O–H groups in total. The summed E-state index contributed by atoms with van der Waals surface area (Å²) in [5.41, 5.74) is 0.162. The Morgan fingerprint density at radius 3 is 3.00 bits per heavy atom. The molecule has 0 unspecified atom stereocenters. The quantitative estimate of drug-likeness (QED) is 0.719. The normalized spacial score (nSPS) is 11.7.